The first-order valence-electron chi connectivity index (χ1n) is 12.8. The van der Waals surface area contributed by atoms with Crippen LogP contribution in [0, 0.1) is 29.6 Å². The van der Waals surface area contributed by atoms with Crippen molar-refractivity contribution in [2.24, 2.45) is 22.7 Å². The number of carbonyl (C=O) groups excluding carboxylic acids is 2. The molecule has 8 heteroatoms. The molecule has 2 saturated carbocycles. The zero-order chi connectivity index (χ0) is 25.9. The van der Waals surface area contributed by atoms with E-state index >= 15 is 0 Å². The monoisotopic (exact) mass is 514 g/mol. The molecule has 1 aromatic carbocycles. The Balaban J connectivity index is 1.45. The van der Waals surface area contributed by atoms with Gasteiger partial charge in [-0.25, -0.2) is 4.79 Å². The van der Waals surface area contributed by atoms with Crippen LogP contribution >= 0.6 is 11.3 Å². The van der Waals surface area contributed by atoms with Crippen LogP contribution in [0.25, 0.3) is 0 Å². The van der Waals surface area contributed by atoms with Gasteiger partial charge in [0, 0.05) is 22.4 Å². The molecule has 2 amide bonds. The number of carbonyl (C=O) groups is 2. The van der Waals surface area contributed by atoms with E-state index in [1.54, 1.807) is 11.3 Å². The lowest BCUT2D eigenvalue weighted by Crippen LogP contribution is -2.61. The Morgan fingerprint density at radius 3 is 2.56 bits per heavy atom. The Hall–Kier alpha value is -2.42. The molecule has 7 nitrogen and oxygen atoms in total. The summed E-state index contributed by atoms with van der Waals surface area (Å²) in [6.45, 7) is 6.44. The van der Waals surface area contributed by atoms with Gasteiger partial charge in [-0.3, -0.25) is 10.1 Å². The first-order chi connectivity index (χ1) is 17.2. The summed E-state index contributed by atoms with van der Waals surface area (Å²) in [5, 5.41) is 29.3. The highest BCUT2D eigenvalue weighted by atomic mass is 32.1. The van der Waals surface area contributed by atoms with E-state index in [1.165, 1.54) is 0 Å². The number of amides is 2. The number of fused-ring (bicyclic) bond motifs is 1. The number of aryl methyl sites for hydroxylation is 1. The first kappa shape index (κ1) is 26.6. The van der Waals surface area contributed by atoms with Gasteiger partial charge in [0.1, 0.15) is 6.10 Å². The van der Waals surface area contributed by atoms with Gasteiger partial charge in [-0.1, -0.05) is 37.6 Å². The molecule has 1 heterocycles. The average molecular weight is 515 g/mol. The van der Waals surface area contributed by atoms with Crippen molar-refractivity contribution in [3.63, 3.8) is 0 Å². The summed E-state index contributed by atoms with van der Waals surface area (Å²) in [5.41, 5.74) is 0.723. The molecule has 1 aromatic heterocycles. The smallest absolute Gasteiger partial charge is 0.411 e. The van der Waals surface area contributed by atoms with Gasteiger partial charge < -0.3 is 20.3 Å². The number of ether oxygens (including phenoxy) is 1. The van der Waals surface area contributed by atoms with Gasteiger partial charge in [-0.05, 0) is 73.4 Å². The highest BCUT2D eigenvalue weighted by molar-refractivity contribution is 7.09. The topological polar surface area (TPSA) is 108 Å². The van der Waals surface area contributed by atoms with Crippen molar-refractivity contribution in [3.05, 3.63) is 52.2 Å². The van der Waals surface area contributed by atoms with Gasteiger partial charge in [0.25, 0.3) is 0 Å². The predicted molar refractivity (Wildman–Crippen MR) is 141 cm³/mol. The molecule has 0 bridgehead atoms. The fourth-order valence-corrected chi connectivity index (χ4v) is 7.21. The number of rotatable bonds is 7. The minimum Gasteiger partial charge on any atom is -0.445 e. The Kier molecular flexibility index (Phi) is 8.07. The third kappa shape index (κ3) is 5.45. The molecule has 4 rings (SSSR count). The summed E-state index contributed by atoms with van der Waals surface area (Å²) in [6.07, 6.45) is 1.19. The van der Waals surface area contributed by atoms with Crippen molar-refractivity contribution < 1.29 is 24.5 Å². The molecule has 2 aliphatic rings. The van der Waals surface area contributed by atoms with Crippen molar-refractivity contribution in [2.75, 3.05) is 11.9 Å². The highest BCUT2D eigenvalue weighted by Gasteiger charge is 2.60. The number of aliphatic hydroxyl groups is 2. The van der Waals surface area contributed by atoms with Gasteiger partial charge in [-0.2, -0.15) is 0 Å². The van der Waals surface area contributed by atoms with Gasteiger partial charge in [0.2, 0.25) is 5.91 Å². The van der Waals surface area contributed by atoms with Gasteiger partial charge >= 0.3 is 6.09 Å². The molecule has 36 heavy (non-hydrogen) atoms. The number of nitrogens with one attached hydrogen (secondary N) is 2. The SMILES string of the molecule is Cc1ccc(NC(=O)OC2CCC3(C)C(CC(=O)NCc4cccs4)C(O)CCC3C2(C)CO)cc1. The van der Waals surface area contributed by atoms with E-state index in [2.05, 4.69) is 17.6 Å². The Labute approximate surface area is 217 Å². The largest absolute Gasteiger partial charge is 0.445 e. The summed E-state index contributed by atoms with van der Waals surface area (Å²) in [7, 11) is 0. The van der Waals surface area contributed by atoms with Crippen LogP contribution in [0.5, 0.6) is 0 Å². The molecule has 2 aromatic rings. The van der Waals surface area contributed by atoms with E-state index in [1.807, 2.05) is 55.6 Å². The molecule has 0 radical (unpaired) electrons. The molecular weight excluding hydrogens is 476 g/mol. The molecule has 196 valence electrons. The third-order valence-electron chi connectivity index (χ3n) is 8.67. The van der Waals surface area contributed by atoms with Crippen LogP contribution in [0.1, 0.15) is 56.4 Å². The zero-order valence-corrected chi connectivity index (χ0v) is 22.1. The van der Waals surface area contributed by atoms with E-state index in [0.29, 0.717) is 37.9 Å². The lowest BCUT2D eigenvalue weighted by molar-refractivity contribution is -0.185. The quantitative estimate of drug-likeness (QED) is 0.422. The molecule has 0 aliphatic heterocycles. The molecule has 0 spiro atoms. The second-order valence-corrected chi connectivity index (χ2v) is 12.0. The summed E-state index contributed by atoms with van der Waals surface area (Å²) >= 11 is 1.60. The standard InChI is InChI=1S/C28H38N2O5S/c1-18-6-8-19(9-7-18)30-26(34)35-24-12-13-27(2)21(15-25(33)29-16-20-5-4-14-36-20)22(32)10-11-23(27)28(24,3)17-31/h4-9,14,21-24,31-32H,10-13,15-17H2,1-3H3,(H,29,33)(H,30,34). The van der Waals surface area contributed by atoms with E-state index < -0.39 is 23.7 Å². The van der Waals surface area contributed by atoms with Crippen LogP contribution in [0.4, 0.5) is 10.5 Å². The van der Waals surface area contributed by atoms with Crippen molar-refractivity contribution in [2.45, 2.75) is 71.6 Å². The molecule has 2 aliphatic carbocycles. The molecule has 2 fully saturated rings. The number of hydrogen-bond donors (Lipinski definition) is 4. The van der Waals surface area contributed by atoms with Gasteiger partial charge in [0.15, 0.2) is 0 Å². The van der Waals surface area contributed by atoms with Crippen molar-refractivity contribution in [1.29, 1.82) is 0 Å². The number of thiophene rings is 1. The molecule has 6 atom stereocenters. The summed E-state index contributed by atoms with van der Waals surface area (Å²) in [6, 6.07) is 11.4. The molecule has 4 N–H and O–H groups in total. The Bertz CT molecular complexity index is 1040. The molecule has 6 unspecified atom stereocenters. The van der Waals surface area contributed by atoms with E-state index in [0.717, 1.165) is 10.4 Å². The first-order valence-corrected chi connectivity index (χ1v) is 13.7. The maximum Gasteiger partial charge on any atom is 0.411 e. The number of anilines is 1. The molecule has 0 saturated heterocycles. The highest BCUT2D eigenvalue weighted by Crippen LogP contribution is 2.61. The number of hydrogen-bond acceptors (Lipinski definition) is 6. The summed E-state index contributed by atoms with van der Waals surface area (Å²) in [4.78, 5) is 26.7. The summed E-state index contributed by atoms with van der Waals surface area (Å²) in [5.74, 6) is -0.303. The fraction of sp³-hybridized carbons (Fsp3) is 0.571. The van der Waals surface area contributed by atoms with E-state index in [-0.39, 0.29) is 36.2 Å². The average Bonchev–Trinajstić information content (AvgIpc) is 3.37. The minimum atomic E-state index is -0.677. The molecular formula is C28H38N2O5S. The van der Waals surface area contributed by atoms with Crippen LogP contribution < -0.4 is 10.6 Å². The van der Waals surface area contributed by atoms with Crippen molar-refractivity contribution >= 4 is 29.0 Å². The number of benzene rings is 1. The lowest BCUT2D eigenvalue weighted by Gasteiger charge is -2.60. The van der Waals surface area contributed by atoms with E-state index in [9.17, 15) is 19.8 Å². The van der Waals surface area contributed by atoms with Crippen LogP contribution in [-0.4, -0.2) is 41.0 Å². The second-order valence-electron chi connectivity index (χ2n) is 11.0. The number of aliphatic hydroxyl groups excluding tert-OH is 2. The Morgan fingerprint density at radius 1 is 1.14 bits per heavy atom. The maximum absolute atomic E-state index is 12.9. The zero-order valence-electron chi connectivity index (χ0n) is 21.3. The second kappa shape index (κ2) is 10.9. The Morgan fingerprint density at radius 2 is 1.89 bits per heavy atom. The van der Waals surface area contributed by atoms with Crippen LogP contribution in [0.15, 0.2) is 41.8 Å². The minimum absolute atomic E-state index is 0.000536. The van der Waals surface area contributed by atoms with Crippen molar-refractivity contribution in [3.8, 4) is 0 Å². The summed E-state index contributed by atoms with van der Waals surface area (Å²) < 4.78 is 5.90. The van der Waals surface area contributed by atoms with Crippen LogP contribution in [-0.2, 0) is 16.1 Å². The van der Waals surface area contributed by atoms with Crippen LogP contribution in [0.3, 0.4) is 0 Å². The normalized spacial score (nSPS) is 31.8. The lowest BCUT2D eigenvalue weighted by atomic mass is 9.46. The fourth-order valence-electron chi connectivity index (χ4n) is 6.56. The maximum atomic E-state index is 12.9. The van der Waals surface area contributed by atoms with Gasteiger partial charge in [-0.15, -0.1) is 11.3 Å². The van der Waals surface area contributed by atoms with Gasteiger partial charge in [0.05, 0.1) is 19.3 Å². The van der Waals surface area contributed by atoms with Crippen LogP contribution in [0.2, 0.25) is 0 Å². The van der Waals surface area contributed by atoms with Crippen molar-refractivity contribution in [1.82, 2.24) is 5.32 Å². The predicted octanol–water partition coefficient (Wildman–Crippen LogP) is 4.87. The van der Waals surface area contributed by atoms with E-state index in [4.69, 9.17) is 4.74 Å². The third-order valence-corrected chi connectivity index (χ3v) is 9.54.